The summed E-state index contributed by atoms with van der Waals surface area (Å²) in [6, 6.07) is 0. The molecule has 4 nitrogen and oxygen atoms in total. The molecule has 4 N–H and O–H groups in total. The van der Waals surface area contributed by atoms with E-state index >= 15 is 0 Å². The summed E-state index contributed by atoms with van der Waals surface area (Å²) in [6.07, 6.45) is 5.81. The van der Waals surface area contributed by atoms with E-state index in [9.17, 15) is 9.90 Å². The van der Waals surface area contributed by atoms with Crippen LogP contribution in [0, 0.1) is 17.8 Å². The van der Waals surface area contributed by atoms with Gasteiger partial charge in [-0.25, -0.2) is 0 Å². The molecule has 0 aliphatic heterocycles. The molecule has 0 spiro atoms. The van der Waals surface area contributed by atoms with Crippen LogP contribution in [0.4, 0.5) is 0 Å². The van der Waals surface area contributed by atoms with E-state index in [1.54, 1.807) is 0 Å². The molecule has 2 rings (SSSR count). The minimum Gasteiger partial charge on any atom is -0.393 e. The highest BCUT2D eigenvalue weighted by Crippen LogP contribution is 2.31. The molecule has 1 amide bonds. The van der Waals surface area contributed by atoms with E-state index in [-0.39, 0.29) is 17.9 Å². The van der Waals surface area contributed by atoms with E-state index in [4.69, 9.17) is 5.73 Å². The van der Waals surface area contributed by atoms with Crippen LogP contribution < -0.4 is 11.1 Å². The summed E-state index contributed by atoms with van der Waals surface area (Å²) >= 11 is 0. The highest BCUT2D eigenvalue weighted by molar-refractivity contribution is 5.79. The molecule has 4 unspecified atom stereocenters. The lowest BCUT2D eigenvalue weighted by Crippen LogP contribution is -2.37. The van der Waals surface area contributed by atoms with Crippen molar-refractivity contribution in [1.29, 1.82) is 0 Å². The number of nitrogens with two attached hydrogens (primary N) is 1. The van der Waals surface area contributed by atoms with Gasteiger partial charge in [-0.15, -0.1) is 0 Å². The zero-order chi connectivity index (χ0) is 12.3. The first-order valence-electron chi connectivity index (χ1n) is 6.86. The third-order valence-electron chi connectivity index (χ3n) is 4.38. The SMILES string of the molecule is NCC1CCCC1C(=O)NCC1CCC(O)C1. The number of aliphatic hydroxyl groups excluding tert-OH is 1. The summed E-state index contributed by atoms with van der Waals surface area (Å²) in [7, 11) is 0. The number of nitrogens with one attached hydrogen (secondary N) is 1. The minimum absolute atomic E-state index is 0.131. The summed E-state index contributed by atoms with van der Waals surface area (Å²) in [5.41, 5.74) is 5.69. The maximum absolute atomic E-state index is 12.0. The van der Waals surface area contributed by atoms with E-state index in [0.717, 1.165) is 45.1 Å². The third-order valence-corrected chi connectivity index (χ3v) is 4.38. The van der Waals surface area contributed by atoms with Crippen LogP contribution >= 0.6 is 0 Å². The van der Waals surface area contributed by atoms with Crippen LogP contribution in [0.25, 0.3) is 0 Å². The van der Waals surface area contributed by atoms with Gasteiger partial charge in [-0.1, -0.05) is 6.42 Å². The first kappa shape index (κ1) is 12.8. The van der Waals surface area contributed by atoms with Crippen molar-refractivity contribution in [2.24, 2.45) is 23.5 Å². The van der Waals surface area contributed by atoms with Gasteiger partial charge in [0.05, 0.1) is 6.10 Å². The first-order chi connectivity index (χ1) is 8.20. The number of hydrogen-bond acceptors (Lipinski definition) is 3. The van der Waals surface area contributed by atoms with Crippen molar-refractivity contribution in [2.75, 3.05) is 13.1 Å². The molecule has 0 heterocycles. The lowest BCUT2D eigenvalue weighted by atomic mass is 9.95. The van der Waals surface area contributed by atoms with Crippen molar-refractivity contribution in [3.8, 4) is 0 Å². The molecule has 0 aromatic carbocycles. The fraction of sp³-hybridized carbons (Fsp3) is 0.923. The molecule has 2 aliphatic rings. The summed E-state index contributed by atoms with van der Waals surface area (Å²) in [5.74, 6) is 1.15. The van der Waals surface area contributed by atoms with Crippen molar-refractivity contribution in [3.05, 3.63) is 0 Å². The van der Waals surface area contributed by atoms with E-state index in [1.807, 2.05) is 0 Å². The molecule has 0 saturated heterocycles. The van der Waals surface area contributed by atoms with E-state index in [0.29, 0.717) is 18.4 Å². The number of amides is 1. The van der Waals surface area contributed by atoms with E-state index < -0.39 is 0 Å². The Morgan fingerprint density at radius 1 is 1.29 bits per heavy atom. The average molecular weight is 240 g/mol. The van der Waals surface area contributed by atoms with Crippen LogP contribution in [0.5, 0.6) is 0 Å². The van der Waals surface area contributed by atoms with Gasteiger partial charge < -0.3 is 16.2 Å². The van der Waals surface area contributed by atoms with Gasteiger partial charge in [0.25, 0.3) is 0 Å². The molecule has 17 heavy (non-hydrogen) atoms. The number of hydrogen-bond donors (Lipinski definition) is 3. The number of carbonyl (C=O) groups is 1. The van der Waals surface area contributed by atoms with Crippen molar-refractivity contribution in [1.82, 2.24) is 5.32 Å². The standard InChI is InChI=1S/C13H24N2O2/c14-7-10-2-1-3-12(10)13(17)15-8-9-4-5-11(16)6-9/h9-12,16H,1-8,14H2,(H,15,17). The Morgan fingerprint density at radius 2 is 2.12 bits per heavy atom. The van der Waals surface area contributed by atoms with Crippen molar-refractivity contribution >= 4 is 5.91 Å². The highest BCUT2D eigenvalue weighted by atomic mass is 16.3. The molecule has 2 fully saturated rings. The fourth-order valence-corrected chi connectivity index (χ4v) is 3.27. The maximum atomic E-state index is 12.0. The van der Waals surface area contributed by atoms with Crippen molar-refractivity contribution in [2.45, 2.75) is 44.6 Å². The van der Waals surface area contributed by atoms with Crippen LogP contribution in [0.15, 0.2) is 0 Å². The van der Waals surface area contributed by atoms with E-state index in [2.05, 4.69) is 5.32 Å². The number of carbonyl (C=O) groups excluding carboxylic acids is 1. The first-order valence-corrected chi connectivity index (χ1v) is 6.86. The molecule has 2 saturated carbocycles. The Kier molecular flexibility index (Phi) is 4.40. The van der Waals surface area contributed by atoms with Gasteiger partial charge in [0.15, 0.2) is 0 Å². The van der Waals surface area contributed by atoms with Crippen LogP contribution in [0.3, 0.4) is 0 Å². The smallest absolute Gasteiger partial charge is 0.223 e. The predicted octanol–water partition coefficient (Wildman–Crippen LogP) is 0.639. The molecular weight excluding hydrogens is 216 g/mol. The van der Waals surface area contributed by atoms with Crippen LogP contribution in [0.2, 0.25) is 0 Å². The summed E-state index contributed by atoms with van der Waals surface area (Å²) < 4.78 is 0. The Balaban J connectivity index is 1.73. The van der Waals surface area contributed by atoms with E-state index in [1.165, 1.54) is 0 Å². The lowest BCUT2D eigenvalue weighted by Gasteiger charge is -2.19. The molecule has 0 aromatic heterocycles. The zero-order valence-corrected chi connectivity index (χ0v) is 10.4. The Labute approximate surface area is 103 Å². The quantitative estimate of drug-likeness (QED) is 0.675. The minimum atomic E-state index is -0.153. The maximum Gasteiger partial charge on any atom is 0.223 e. The van der Waals surface area contributed by atoms with Gasteiger partial charge in [0, 0.05) is 12.5 Å². The molecule has 4 atom stereocenters. The average Bonchev–Trinajstić information content (AvgIpc) is 2.94. The van der Waals surface area contributed by atoms with Crippen LogP contribution in [-0.2, 0) is 4.79 Å². The predicted molar refractivity (Wildman–Crippen MR) is 66.2 cm³/mol. The molecule has 0 aromatic rings. The highest BCUT2D eigenvalue weighted by Gasteiger charge is 2.32. The summed E-state index contributed by atoms with van der Waals surface area (Å²) in [6.45, 7) is 1.35. The second-order valence-corrected chi connectivity index (χ2v) is 5.61. The van der Waals surface area contributed by atoms with Gasteiger partial charge in [-0.05, 0) is 50.5 Å². The van der Waals surface area contributed by atoms with Gasteiger partial charge in [-0.3, -0.25) is 4.79 Å². The molecule has 4 heteroatoms. The fourth-order valence-electron chi connectivity index (χ4n) is 3.27. The Hall–Kier alpha value is -0.610. The summed E-state index contributed by atoms with van der Waals surface area (Å²) in [5, 5.41) is 12.5. The Morgan fingerprint density at radius 3 is 2.76 bits per heavy atom. The largest absolute Gasteiger partial charge is 0.393 e. The van der Waals surface area contributed by atoms with Gasteiger partial charge in [-0.2, -0.15) is 0 Å². The van der Waals surface area contributed by atoms with Crippen LogP contribution in [-0.4, -0.2) is 30.2 Å². The lowest BCUT2D eigenvalue weighted by molar-refractivity contribution is -0.126. The molecule has 0 bridgehead atoms. The topological polar surface area (TPSA) is 75.4 Å². The summed E-state index contributed by atoms with van der Waals surface area (Å²) in [4.78, 5) is 12.0. The van der Waals surface area contributed by atoms with Crippen molar-refractivity contribution in [3.63, 3.8) is 0 Å². The second-order valence-electron chi connectivity index (χ2n) is 5.61. The number of rotatable bonds is 4. The van der Waals surface area contributed by atoms with Gasteiger partial charge in [0.1, 0.15) is 0 Å². The molecule has 0 radical (unpaired) electrons. The van der Waals surface area contributed by atoms with Crippen molar-refractivity contribution < 1.29 is 9.90 Å². The van der Waals surface area contributed by atoms with Gasteiger partial charge >= 0.3 is 0 Å². The molecule has 98 valence electrons. The second kappa shape index (κ2) is 5.83. The molecule has 2 aliphatic carbocycles. The monoisotopic (exact) mass is 240 g/mol. The normalized spacial score (nSPS) is 37.3. The number of aliphatic hydroxyl groups is 1. The third kappa shape index (κ3) is 3.19. The van der Waals surface area contributed by atoms with Gasteiger partial charge in [0.2, 0.25) is 5.91 Å². The Bertz CT molecular complexity index is 270. The molecular formula is C13H24N2O2. The zero-order valence-electron chi connectivity index (χ0n) is 10.4. The van der Waals surface area contributed by atoms with Crippen LogP contribution in [0.1, 0.15) is 38.5 Å².